The van der Waals surface area contributed by atoms with E-state index in [4.69, 9.17) is 11.6 Å². The molecule has 1 atom stereocenters. The Labute approximate surface area is 124 Å². The third-order valence-electron chi connectivity index (χ3n) is 2.43. The molecular weight excluding hydrogens is 306 g/mol. The number of hydrogen-bond acceptors (Lipinski definition) is 8. The summed E-state index contributed by atoms with van der Waals surface area (Å²) in [6, 6.07) is 1.18. The van der Waals surface area contributed by atoms with E-state index in [2.05, 4.69) is 19.8 Å². The van der Waals surface area contributed by atoms with Gasteiger partial charge >= 0.3 is 17.6 Å². The molecule has 0 aliphatic rings. The first-order valence-electron chi connectivity index (χ1n) is 5.61. The van der Waals surface area contributed by atoms with Crippen molar-refractivity contribution in [3.8, 4) is 0 Å². The van der Waals surface area contributed by atoms with Crippen LogP contribution in [0.1, 0.15) is 6.42 Å². The summed E-state index contributed by atoms with van der Waals surface area (Å²) in [5.74, 6) is -1.73. The molecule has 1 aromatic rings. The van der Waals surface area contributed by atoms with Gasteiger partial charge in [0.1, 0.15) is 11.2 Å². The fraction of sp³-hybridized carbons (Fsp3) is 0.364. The minimum Gasteiger partial charge on any atom is -0.469 e. The van der Waals surface area contributed by atoms with Gasteiger partial charge in [-0.15, -0.1) is 0 Å². The van der Waals surface area contributed by atoms with Crippen molar-refractivity contribution >= 4 is 35.0 Å². The van der Waals surface area contributed by atoms with Crippen LogP contribution in [0.3, 0.4) is 0 Å². The minimum atomic E-state index is -1.19. The van der Waals surface area contributed by atoms with Gasteiger partial charge in [0.2, 0.25) is 5.82 Å². The van der Waals surface area contributed by atoms with E-state index in [0.29, 0.717) is 0 Å². The van der Waals surface area contributed by atoms with Gasteiger partial charge in [0.05, 0.1) is 25.6 Å². The number of rotatable bonds is 6. The first kappa shape index (κ1) is 16.6. The highest BCUT2D eigenvalue weighted by molar-refractivity contribution is 6.29. The van der Waals surface area contributed by atoms with Crippen molar-refractivity contribution in [1.29, 1.82) is 0 Å². The predicted molar refractivity (Wildman–Crippen MR) is 72.0 cm³/mol. The highest BCUT2D eigenvalue weighted by Crippen LogP contribution is 2.25. The average molecular weight is 318 g/mol. The summed E-state index contributed by atoms with van der Waals surface area (Å²) >= 11 is 5.67. The summed E-state index contributed by atoms with van der Waals surface area (Å²) in [5.41, 5.74) is -0.391. The minimum absolute atomic E-state index is 0.00946. The highest BCUT2D eigenvalue weighted by Gasteiger charge is 2.27. The Morgan fingerprint density at radius 3 is 2.62 bits per heavy atom. The number of hydrogen-bond donors (Lipinski definition) is 1. The summed E-state index contributed by atoms with van der Waals surface area (Å²) in [6.45, 7) is 0. The van der Waals surface area contributed by atoms with Crippen LogP contribution in [0.4, 0.5) is 11.5 Å². The number of anilines is 1. The SMILES string of the molecule is COC(=O)C[C@@H](Nc1nc(Cl)ccc1[N+](=O)[O-])C(=O)OC. The summed E-state index contributed by atoms with van der Waals surface area (Å²) in [4.78, 5) is 36.8. The second kappa shape index (κ2) is 7.39. The number of pyridine rings is 1. The lowest BCUT2D eigenvalue weighted by Gasteiger charge is -2.15. The summed E-state index contributed by atoms with van der Waals surface area (Å²) in [7, 11) is 2.27. The number of aromatic nitrogens is 1. The molecule has 9 nitrogen and oxygen atoms in total. The molecule has 0 spiro atoms. The fourth-order valence-electron chi connectivity index (χ4n) is 1.43. The molecule has 1 N–H and O–H groups in total. The van der Waals surface area contributed by atoms with E-state index in [9.17, 15) is 19.7 Å². The van der Waals surface area contributed by atoms with Crippen LogP contribution in [0.5, 0.6) is 0 Å². The molecule has 0 aromatic carbocycles. The number of carbonyl (C=O) groups excluding carboxylic acids is 2. The van der Waals surface area contributed by atoms with Crippen LogP contribution < -0.4 is 5.32 Å². The third kappa shape index (κ3) is 4.56. The Kier molecular flexibility index (Phi) is 5.85. The Morgan fingerprint density at radius 1 is 1.43 bits per heavy atom. The van der Waals surface area contributed by atoms with Gasteiger partial charge in [-0.3, -0.25) is 14.9 Å². The molecule has 0 fully saturated rings. The zero-order chi connectivity index (χ0) is 16.0. The Hall–Kier alpha value is -2.42. The van der Waals surface area contributed by atoms with E-state index < -0.39 is 28.6 Å². The third-order valence-corrected chi connectivity index (χ3v) is 2.64. The zero-order valence-electron chi connectivity index (χ0n) is 11.2. The molecule has 0 saturated heterocycles. The van der Waals surface area contributed by atoms with E-state index >= 15 is 0 Å². The first-order chi connectivity index (χ1) is 9.88. The molecule has 0 aliphatic heterocycles. The molecule has 0 bridgehead atoms. The maximum atomic E-state index is 11.6. The van der Waals surface area contributed by atoms with E-state index in [1.807, 2.05) is 0 Å². The van der Waals surface area contributed by atoms with E-state index in [1.165, 1.54) is 6.07 Å². The van der Waals surface area contributed by atoms with Gasteiger partial charge < -0.3 is 14.8 Å². The number of nitrogens with one attached hydrogen (secondary N) is 1. The predicted octanol–water partition coefficient (Wildman–Crippen LogP) is 1.16. The van der Waals surface area contributed by atoms with E-state index in [0.717, 1.165) is 20.3 Å². The molecule has 1 heterocycles. The Bertz CT molecular complexity index is 565. The number of carbonyl (C=O) groups is 2. The van der Waals surface area contributed by atoms with Crippen LogP contribution in [-0.4, -0.2) is 42.1 Å². The van der Waals surface area contributed by atoms with Crippen molar-refractivity contribution in [1.82, 2.24) is 4.98 Å². The number of ether oxygens (including phenoxy) is 2. The maximum absolute atomic E-state index is 11.6. The monoisotopic (exact) mass is 317 g/mol. The van der Waals surface area contributed by atoms with Crippen molar-refractivity contribution in [2.75, 3.05) is 19.5 Å². The van der Waals surface area contributed by atoms with Crippen molar-refractivity contribution < 1.29 is 24.0 Å². The highest BCUT2D eigenvalue weighted by atomic mass is 35.5. The summed E-state index contributed by atoms with van der Waals surface area (Å²) in [5, 5.41) is 13.4. The molecular formula is C11H12ClN3O6. The van der Waals surface area contributed by atoms with Crippen LogP contribution >= 0.6 is 11.6 Å². The number of nitrogens with zero attached hydrogens (tertiary/aromatic N) is 2. The van der Waals surface area contributed by atoms with Gasteiger partial charge in [-0.25, -0.2) is 9.78 Å². The Balaban J connectivity index is 3.07. The lowest BCUT2D eigenvalue weighted by Crippen LogP contribution is -2.34. The van der Waals surface area contributed by atoms with Gasteiger partial charge in [-0.1, -0.05) is 11.6 Å². The molecule has 1 rings (SSSR count). The Morgan fingerprint density at radius 2 is 2.10 bits per heavy atom. The molecule has 1 aromatic heterocycles. The molecule has 0 amide bonds. The topological polar surface area (TPSA) is 121 Å². The van der Waals surface area contributed by atoms with Gasteiger partial charge in [-0.05, 0) is 6.07 Å². The average Bonchev–Trinajstić information content (AvgIpc) is 2.45. The second-order valence-corrected chi connectivity index (χ2v) is 4.15. The number of methoxy groups -OCH3 is 2. The summed E-state index contributed by atoms with van der Waals surface area (Å²) in [6.07, 6.45) is -0.380. The second-order valence-electron chi connectivity index (χ2n) is 3.76. The van der Waals surface area contributed by atoms with Crippen LogP contribution in [0.15, 0.2) is 12.1 Å². The molecule has 0 radical (unpaired) electrons. The van der Waals surface area contributed by atoms with Crippen molar-refractivity contribution in [3.05, 3.63) is 27.4 Å². The standard InChI is InChI=1S/C11H12ClN3O6/c1-20-9(16)5-6(11(17)21-2)13-10-7(15(18)19)3-4-8(12)14-10/h3-4,6H,5H2,1-2H3,(H,13,14)/t6-/m1/s1. The number of halogens is 1. The van der Waals surface area contributed by atoms with Gasteiger partial charge in [0.15, 0.2) is 0 Å². The number of nitro groups is 1. The molecule has 0 saturated carbocycles. The van der Waals surface area contributed by atoms with Gasteiger partial charge in [0.25, 0.3) is 0 Å². The van der Waals surface area contributed by atoms with Crippen molar-refractivity contribution in [3.63, 3.8) is 0 Å². The fourth-order valence-corrected chi connectivity index (χ4v) is 1.58. The van der Waals surface area contributed by atoms with Gasteiger partial charge in [0, 0.05) is 6.07 Å². The molecule has 0 aliphatic carbocycles. The van der Waals surface area contributed by atoms with Crippen LogP contribution in [0.25, 0.3) is 0 Å². The summed E-state index contributed by atoms with van der Waals surface area (Å²) < 4.78 is 8.97. The molecule has 114 valence electrons. The molecule has 10 heteroatoms. The van der Waals surface area contributed by atoms with Gasteiger partial charge in [-0.2, -0.15) is 0 Å². The first-order valence-corrected chi connectivity index (χ1v) is 5.99. The maximum Gasteiger partial charge on any atom is 0.328 e. The lowest BCUT2D eigenvalue weighted by molar-refractivity contribution is -0.384. The molecule has 21 heavy (non-hydrogen) atoms. The molecule has 0 unspecified atom stereocenters. The van der Waals surface area contributed by atoms with Crippen molar-refractivity contribution in [2.24, 2.45) is 0 Å². The lowest BCUT2D eigenvalue weighted by atomic mass is 10.2. The smallest absolute Gasteiger partial charge is 0.328 e. The largest absolute Gasteiger partial charge is 0.469 e. The van der Waals surface area contributed by atoms with Crippen LogP contribution in [0, 0.1) is 10.1 Å². The zero-order valence-corrected chi connectivity index (χ0v) is 11.9. The normalized spacial score (nSPS) is 11.4. The van der Waals surface area contributed by atoms with Crippen molar-refractivity contribution in [2.45, 2.75) is 12.5 Å². The van der Waals surface area contributed by atoms with Crippen LogP contribution in [0.2, 0.25) is 5.15 Å². The van der Waals surface area contributed by atoms with Crippen LogP contribution in [-0.2, 0) is 19.1 Å². The number of esters is 2. The van der Waals surface area contributed by atoms with E-state index in [1.54, 1.807) is 0 Å². The quantitative estimate of drug-likeness (QED) is 0.359. The van der Waals surface area contributed by atoms with E-state index in [-0.39, 0.29) is 17.4 Å².